The maximum Gasteiger partial charge on any atom is 0.254 e. The van der Waals surface area contributed by atoms with Crippen molar-refractivity contribution < 1.29 is 14.3 Å². The molecule has 2 aromatic carbocycles. The number of benzene rings is 2. The minimum Gasteiger partial charge on any atom is -0.497 e. The number of nitrogens with zero attached hydrogens (tertiary/aromatic N) is 3. The van der Waals surface area contributed by atoms with Crippen molar-refractivity contribution in [1.82, 2.24) is 14.7 Å². The van der Waals surface area contributed by atoms with Crippen molar-refractivity contribution in [3.05, 3.63) is 71.4 Å². The molecule has 1 aromatic heterocycles. The molecule has 0 spiro atoms. The normalized spacial score (nSPS) is 11.3. The van der Waals surface area contributed by atoms with Crippen LogP contribution in [0.5, 0.6) is 5.75 Å². The molecule has 0 radical (unpaired) electrons. The highest BCUT2D eigenvalue weighted by molar-refractivity contribution is 5.99. The number of anilines is 1. The van der Waals surface area contributed by atoms with Crippen LogP contribution in [0.1, 0.15) is 62.2 Å². The Morgan fingerprint density at radius 1 is 1.09 bits per heavy atom. The van der Waals surface area contributed by atoms with Gasteiger partial charge in [0, 0.05) is 23.6 Å². The first-order valence-electron chi connectivity index (χ1n) is 12.0. The van der Waals surface area contributed by atoms with Gasteiger partial charge >= 0.3 is 0 Å². The average Bonchev–Trinajstić information content (AvgIpc) is 3.25. The number of carbonyl (C=O) groups excluding carboxylic acids is 2. The van der Waals surface area contributed by atoms with Crippen LogP contribution in [-0.2, 0) is 10.2 Å². The van der Waals surface area contributed by atoms with Gasteiger partial charge in [-0.25, -0.2) is 4.68 Å². The van der Waals surface area contributed by atoms with Crippen LogP contribution in [0.15, 0.2) is 54.6 Å². The van der Waals surface area contributed by atoms with E-state index < -0.39 is 0 Å². The summed E-state index contributed by atoms with van der Waals surface area (Å²) in [6.07, 6.45) is 1.72. The van der Waals surface area contributed by atoms with E-state index in [1.165, 1.54) is 0 Å². The zero-order chi connectivity index (χ0) is 25.6. The molecule has 1 N–H and O–H groups in total. The van der Waals surface area contributed by atoms with Crippen LogP contribution in [0.2, 0.25) is 0 Å². The summed E-state index contributed by atoms with van der Waals surface area (Å²) < 4.78 is 7.03. The van der Waals surface area contributed by atoms with E-state index in [0.29, 0.717) is 23.7 Å². The lowest BCUT2D eigenvalue weighted by Gasteiger charge is -2.22. The maximum absolute atomic E-state index is 13.2. The standard InChI is InChI=1S/C28H36N4O3/c1-7-8-16-31(27(34)21-13-11-14-22(17-21)35-6)19-26(33)29-25-18-24(28(3,4)5)30-32(25)23-15-10-9-12-20(23)2/h9-15,17-18H,7-8,16,19H2,1-6H3,(H,29,33). The molecule has 7 heteroatoms. The highest BCUT2D eigenvalue weighted by atomic mass is 16.5. The summed E-state index contributed by atoms with van der Waals surface area (Å²) >= 11 is 0. The molecule has 0 aliphatic heterocycles. The molecule has 7 nitrogen and oxygen atoms in total. The Morgan fingerprint density at radius 3 is 2.49 bits per heavy atom. The van der Waals surface area contributed by atoms with Crippen LogP contribution in [0, 0.1) is 6.92 Å². The number of unbranched alkanes of at least 4 members (excludes halogenated alkanes) is 1. The number of methoxy groups -OCH3 is 1. The van der Waals surface area contributed by atoms with Crippen LogP contribution in [0.25, 0.3) is 5.69 Å². The summed E-state index contributed by atoms with van der Waals surface area (Å²) in [5.41, 5.74) is 3.11. The van der Waals surface area contributed by atoms with Gasteiger partial charge in [0.25, 0.3) is 5.91 Å². The Bertz CT molecular complexity index is 1180. The number of ether oxygens (including phenoxy) is 1. The van der Waals surface area contributed by atoms with Gasteiger partial charge in [0.2, 0.25) is 5.91 Å². The Morgan fingerprint density at radius 2 is 1.83 bits per heavy atom. The molecule has 0 atom stereocenters. The topological polar surface area (TPSA) is 76.5 Å². The highest BCUT2D eigenvalue weighted by Gasteiger charge is 2.24. The van der Waals surface area contributed by atoms with Crippen molar-refractivity contribution in [2.24, 2.45) is 0 Å². The Hall–Kier alpha value is -3.61. The van der Waals surface area contributed by atoms with E-state index in [4.69, 9.17) is 9.84 Å². The van der Waals surface area contributed by atoms with Crippen molar-refractivity contribution in [2.75, 3.05) is 25.5 Å². The molecule has 0 fully saturated rings. The SMILES string of the molecule is CCCCN(CC(=O)Nc1cc(C(C)(C)C)nn1-c1ccccc1C)C(=O)c1cccc(OC)c1. The van der Waals surface area contributed by atoms with Crippen molar-refractivity contribution >= 4 is 17.6 Å². The maximum atomic E-state index is 13.2. The second-order valence-electron chi connectivity index (χ2n) is 9.72. The zero-order valence-corrected chi connectivity index (χ0v) is 21.6. The van der Waals surface area contributed by atoms with Crippen LogP contribution in [0.3, 0.4) is 0 Å². The lowest BCUT2D eigenvalue weighted by atomic mass is 9.92. The van der Waals surface area contributed by atoms with E-state index in [1.807, 2.05) is 37.3 Å². The molecule has 35 heavy (non-hydrogen) atoms. The highest BCUT2D eigenvalue weighted by Crippen LogP contribution is 2.27. The van der Waals surface area contributed by atoms with Crippen LogP contribution >= 0.6 is 0 Å². The van der Waals surface area contributed by atoms with E-state index in [0.717, 1.165) is 29.8 Å². The molecule has 0 aliphatic rings. The van der Waals surface area contributed by atoms with Crippen molar-refractivity contribution in [3.8, 4) is 11.4 Å². The summed E-state index contributed by atoms with van der Waals surface area (Å²) in [4.78, 5) is 28.0. The minimum absolute atomic E-state index is 0.0557. The van der Waals surface area contributed by atoms with E-state index >= 15 is 0 Å². The van der Waals surface area contributed by atoms with Gasteiger partial charge in [-0.2, -0.15) is 5.10 Å². The monoisotopic (exact) mass is 476 g/mol. The third kappa shape index (κ3) is 6.50. The van der Waals surface area contributed by atoms with E-state index in [-0.39, 0.29) is 23.8 Å². The van der Waals surface area contributed by atoms with Gasteiger partial charge in [0.15, 0.2) is 0 Å². The molecule has 0 unspecified atom stereocenters. The first-order chi connectivity index (χ1) is 16.6. The number of hydrogen-bond donors (Lipinski definition) is 1. The van der Waals surface area contributed by atoms with Crippen LogP contribution in [-0.4, -0.2) is 46.7 Å². The predicted octanol–water partition coefficient (Wildman–Crippen LogP) is 5.37. The third-order valence-electron chi connectivity index (χ3n) is 5.81. The molecule has 1 heterocycles. The van der Waals surface area contributed by atoms with Crippen molar-refractivity contribution in [1.29, 1.82) is 0 Å². The first kappa shape index (κ1) is 26.0. The smallest absolute Gasteiger partial charge is 0.254 e. The fourth-order valence-electron chi connectivity index (χ4n) is 3.72. The number of nitrogens with one attached hydrogen (secondary N) is 1. The molecular weight excluding hydrogens is 440 g/mol. The summed E-state index contributed by atoms with van der Waals surface area (Å²) in [7, 11) is 1.56. The van der Waals surface area contributed by atoms with Gasteiger partial charge in [-0.3, -0.25) is 9.59 Å². The van der Waals surface area contributed by atoms with Gasteiger partial charge in [0.1, 0.15) is 18.1 Å². The van der Waals surface area contributed by atoms with E-state index in [1.54, 1.807) is 41.0 Å². The summed E-state index contributed by atoms with van der Waals surface area (Å²) in [5, 5.41) is 7.81. The average molecular weight is 477 g/mol. The second kappa shape index (κ2) is 11.2. The summed E-state index contributed by atoms with van der Waals surface area (Å²) in [5.74, 6) is 0.717. The molecule has 0 saturated heterocycles. The fraction of sp³-hybridized carbons (Fsp3) is 0.393. The fourth-order valence-corrected chi connectivity index (χ4v) is 3.72. The molecule has 0 bridgehead atoms. The van der Waals surface area contributed by atoms with Gasteiger partial charge in [-0.1, -0.05) is 58.4 Å². The second-order valence-corrected chi connectivity index (χ2v) is 9.72. The van der Waals surface area contributed by atoms with Gasteiger partial charge in [-0.15, -0.1) is 0 Å². The zero-order valence-electron chi connectivity index (χ0n) is 21.6. The number of aryl methyl sites for hydroxylation is 1. The molecule has 3 aromatic rings. The third-order valence-corrected chi connectivity index (χ3v) is 5.81. The molecule has 0 aliphatic carbocycles. The molecular formula is C28H36N4O3. The first-order valence-corrected chi connectivity index (χ1v) is 12.0. The quantitative estimate of drug-likeness (QED) is 0.451. The van der Waals surface area contributed by atoms with Gasteiger partial charge in [0.05, 0.1) is 18.5 Å². The number of aromatic nitrogens is 2. The lowest BCUT2D eigenvalue weighted by molar-refractivity contribution is -0.117. The lowest BCUT2D eigenvalue weighted by Crippen LogP contribution is -2.39. The van der Waals surface area contributed by atoms with Gasteiger partial charge in [-0.05, 0) is 43.2 Å². The molecule has 2 amide bonds. The number of hydrogen-bond acceptors (Lipinski definition) is 4. The van der Waals surface area contributed by atoms with Crippen molar-refractivity contribution in [2.45, 2.75) is 52.9 Å². The Kier molecular flexibility index (Phi) is 8.33. The van der Waals surface area contributed by atoms with E-state index in [2.05, 4.69) is 33.0 Å². The predicted molar refractivity (Wildman–Crippen MR) is 139 cm³/mol. The van der Waals surface area contributed by atoms with Crippen molar-refractivity contribution in [3.63, 3.8) is 0 Å². The van der Waals surface area contributed by atoms with E-state index in [9.17, 15) is 9.59 Å². The summed E-state index contributed by atoms with van der Waals surface area (Å²) in [6, 6.07) is 16.8. The van der Waals surface area contributed by atoms with Crippen LogP contribution < -0.4 is 10.1 Å². The Labute approximate surface area is 208 Å². The largest absolute Gasteiger partial charge is 0.497 e. The minimum atomic E-state index is -0.271. The molecule has 186 valence electrons. The van der Waals surface area contributed by atoms with Gasteiger partial charge < -0.3 is 15.0 Å². The number of rotatable bonds is 9. The summed E-state index contributed by atoms with van der Waals surface area (Å²) in [6.45, 7) is 10.8. The Balaban J connectivity index is 1.87. The molecule has 3 rings (SSSR count). The number of carbonyl (C=O) groups is 2. The number of amides is 2. The number of para-hydroxylation sites is 1. The molecule has 0 saturated carbocycles. The van der Waals surface area contributed by atoms with Crippen LogP contribution in [0.4, 0.5) is 5.82 Å².